The monoisotopic (exact) mass is 376 g/mol. The van der Waals surface area contributed by atoms with Crippen LogP contribution in [-0.4, -0.2) is 66.3 Å². The second kappa shape index (κ2) is 6.01. The molecule has 3 aliphatic heterocycles. The Morgan fingerprint density at radius 1 is 1.26 bits per heavy atom. The lowest BCUT2D eigenvalue weighted by atomic mass is 9.91. The third-order valence-electron chi connectivity index (χ3n) is 4.87. The molecule has 3 fully saturated rings. The van der Waals surface area contributed by atoms with Crippen molar-refractivity contribution in [2.24, 2.45) is 0 Å². The number of rotatable bonds is 3. The molecular weight excluding hydrogens is 356 g/mol. The Labute approximate surface area is 155 Å². The van der Waals surface area contributed by atoms with Crippen LogP contribution in [0.15, 0.2) is 30.3 Å². The lowest BCUT2D eigenvalue weighted by molar-refractivity contribution is -0.223. The highest BCUT2D eigenvalue weighted by atomic mass is 16.8. The molecule has 0 bridgehead atoms. The molecule has 4 rings (SSSR count). The molecule has 3 heterocycles. The molecule has 1 N–H and O–H groups in total. The van der Waals surface area contributed by atoms with Gasteiger partial charge in [-0.3, -0.25) is 10.3 Å². The van der Waals surface area contributed by atoms with Gasteiger partial charge in [-0.25, -0.2) is 9.59 Å². The van der Waals surface area contributed by atoms with Gasteiger partial charge >= 0.3 is 12.1 Å². The predicted octanol–water partition coefficient (Wildman–Crippen LogP) is 1.52. The van der Waals surface area contributed by atoms with E-state index in [-0.39, 0.29) is 12.4 Å². The van der Waals surface area contributed by atoms with E-state index in [0.29, 0.717) is 5.56 Å². The van der Waals surface area contributed by atoms with Gasteiger partial charge in [0.2, 0.25) is 5.60 Å². The Hall–Kier alpha value is -2.49. The Kier molecular flexibility index (Phi) is 3.99. The normalized spacial score (nSPS) is 34.0. The Morgan fingerprint density at radius 3 is 2.59 bits per heavy atom. The topological polar surface area (TPSA) is 107 Å². The van der Waals surface area contributed by atoms with E-state index in [4.69, 9.17) is 29.1 Å². The van der Waals surface area contributed by atoms with Gasteiger partial charge in [0, 0.05) is 7.05 Å². The number of amidine groups is 1. The molecular formula is C18H20N2O7. The van der Waals surface area contributed by atoms with Crippen molar-refractivity contribution in [3.63, 3.8) is 0 Å². The van der Waals surface area contributed by atoms with Gasteiger partial charge in [0.15, 0.2) is 24.0 Å². The van der Waals surface area contributed by atoms with E-state index >= 15 is 0 Å². The number of hydrogen-bond donors (Lipinski definition) is 1. The predicted molar refractivity (Wildman–Crippen MR) is 90.1 cm³/mol. The van der Waals surface area contributed by atoms with Crippen molar-refractivity contribution in [3.05, 3.63) is 35.9 Å². The highest BCUT2D eigenvalue weighted by Gasteiger charge is 2.72. The van der Waals surface area contributed by atoms with Gasteiger partial charge in [0.25, 0.3) is 0 Å². The summed E-state index contributed by atoms with van der Waals surface area (Å²) in [6.07, 6.45) is -3.32. The van der Waals surface area contributed by atoms with Crippen LogP contribution in [0.25, 0.3) is 0 Å². The summed E-state index contributed by atoms with van der Waals surface area (Å²) < 4.78 is 28.3. The molecule has 3 aliphatic rings. The van der Waals surface area contributed by atoms with E-state index in [9.17, 15) is 9.59 Å². The fourth-order valence-corrected chi connectivity index (χ4v) is 3.56. The van der Waals surface area contributed by atoms with Crippen molar-refractivity contribution in [1.82, 2.24) is 4.90 Å². The molecule has 9 nitrogen and oxygen atoms in total. The van der Waals surface area contributed by atoms with Gasteiger partial charge in [0.05, 0.1) is 5.56 Å². The van der Waals surface area contributed by atoms with Crippen molar-refractivity contribution < 1.29 is 33.3 Å². The van der Waals surface area contributed by atoms with Gasteiger partial charge in [-0.05, 0) is 26.0 Å². The fraction of sp³-hybridized carbons (Fsp3) is 0.500. The SMILES string of the molecule is CN1C(=N)C2(OC1=O)[C@@H](COC(=O)c1ccccc1)O[C@@H]1OC(C)(C)O[C@@H]12. The van der Waals surface area contributed by atoms with Crippen LogP contribution in [0, 0.1) is 5.41 Å². The maximum absolute atomic E-state index is 12.3. The summed E-state index contributed by atoms with van der Waals surface area (Å²) in [6.45, 7) is 3.19. The zero-order valence-corrected chi connectivity index (χ0v) is 15.1. The number of carbonyl (C=O) groups excluding carboxylic acids is 2. The first-order valence-electron chi connectivity index (χ1n) is 8.53. The molecule has 0 radical (unpaired) electrons. The summed E-state index contributed by atoms with van der Waals surface area (Å²) in [5, 5.41) is 8.42. The highest BCUT2D eigenvalue weighted by molar-refractivity contribution is 6.05. The zero-order chi connectivity index (χ0) is 19.4. The molecule has 0 aromatic heterocycles. The maximum Gasteiger partial charge on any atom is 0.416 e. The summed E-state index contributed by atoms with van der Waals surface area (Å²) >= 11 is 0. The van der Waals surface area contributed by atoms with Crippen LogP contribution < -0.4 is 0 Å². The smallest absolute Gasteiger partial charge is 0.416 e. The van der Waals surface area contributed by atoms with Crippen LogP contribution in [-0.2, 0) is 23.7 Å². The highest BCUT2D eigenvalue weighted by Crippen LogP contribution is 2.48. The van der Waals surface area contributed by atoms with E-state index in [1.54, 1.807) is 44.2 Å². The Morgan fingerprint density at radius 2 is 1.96 bits per heavy atom. The van der Waals surface area contributed by atoms with E-state index in [1.807, 2.05) is 0 Å². The van der Waals surface area contributed by atoms with Gasteiger partial charge in [-0.2, -0.15) is 0 Å². The average Bonchev–Trinajstić information content (AvgIpc) is 3.17. The minimum absolute atomic E-state index is 0.123. The van der Waals surface area contributed by atoms with Crippen molar-refractivity contribution >= 4 is 17.9 Å². The molecule has 9 heteroatoms. The van der Waals surface area contributed by atoms with E-state index < -0.39 is 41.9 Å². The van der Waals surface area contributed by atoms with Crippen molar-refractivity contribution in [2.75, 3.05) is 13.7 Å². The summed E-state index contributed by atoms with van der Waals surface area (Å²) in [5.41, 5.74) is -1.16. The Bertz CT molecular complexity index is 796. The first kappa shape index (κ1) is 17.9. The number of esters is 1. The quantitative estimate of drug-likeness (QED) is 0.797. The molecule has 1 spiro atoms. The molecule has 0 aliphatic carbocycles. The van der Waals surface area contributed by atoms with E-state index in [2.05, 4.69) is 0 Å². The molecule has 1 unspecified atom stereocenters. The van der Waals surface area contributed by atoms with E-state index in [1.165, 1.54) is 7.05 Å². The summed E-state index contributed by atoms with van der Waals surface area (Å²) in [7, 11) is 1.43. The maximum atomic E-state index is 12.3. The van der Waals surface area contributed by atoms with Crippen LogP contribution in [0.4, 0.5) is 4.79 Å². The van der Waals surface area contributed by atoms with Crippen LogP contribution in [0.5, 0.6) is 0 Å². The summed E-state index contributed by atoms with van der Waals surface area (Å²) in [4.78, 5) is 25.4. The number of nitrogens with zero attached hydrogens (tertiary/aromatic N) is 1. The lowest BCUT2D eigenvalue weighted by Gasteiger charge is -2.32. The number of benzene rings is 1. The molecule has 144 valence electrons. The summed E-state index contributed by atoms with van der Waals surface area (Å²) in [5.74, 6) is -1.62. The first-order valence-corrected chi connectivity index (χ1v) is 8.53. The van der Waals surface area contributed by atoms with Crippen LogP contribution in [0.1, 0.15) is 24.2 Å². The minimum Gasteiger partial charge on any atom is -0.459 e. The minimum atomic E-state index is -1.54. The number of hydrogen-bond acceptors (Lipinski definition) is 8. The van der Waals surface area contributed by atoms with Crippen molar-refractivity contribution in [2.45, 2.75) is 43.7 Å². The lowest BCUT2D eigenvalue weighted by Crippen LogP contribution is -2.56. The first-order chi connectivity index (χ1) is 12.7. The number of carbonyl (C=O) groups is 2. The Balaban J connectivity index is 1.58. The van der Waals surface area contributed by atoms with Crippen LogP contribution in [0.2, 0.25) is 0 Å². The van der Waals surface area contributed by atoms with Gasteiger partial charge in [0.1, 0.15) is 12.7 Å². The second-order valence-electron chi connectivity index (χ2n) is 7.08. The molecule has 27 heavy (non-hydrogen) atoms. The van der Waals surface area contributed by atoms with Crippen LogP contribution >= 0.6 is 0 Å². The van der Waals surface area contributed by atoms with Crippen LogP contribution in [0.3, 0.4) is 0 Å². The number of nitrogens with one attached hydrogen (secondary N) is 1. The standard InChI is InChI=1S/C18H20N2O7/c1-17(2)25-12-14(26-17)24-11(18(12)15(19)20(3)16(22)27-18)9-23-13(21)10-7-5-4-6-8-10/h4-8,11-12,14,19H,9H2,1-3H3/t11-,12+,14-,18?/m1/s1. The number of fused-ring (bicyclic) bond motifs is 2. The molecule has 1 aromatic rings. The number of ether oxygens (including phenoxy) is 5. The number of amides is 1. The third kappa shape index (κ3) is 2.70. The van der Waals surface area contributed by atoms with E-state index in [0.717, 1.165) is 4.90 Å². The molecule has 0 saturated carbocycles. The van der Waals surface area contributed by atoms with Crippen molar-refractivity contribution in [1.29, 1.82) is 5.41 Å². The molecule has 1 aromatic carbocycles. The molecule has 4 atom stereocenters. The largest absolute Gasteiger partial charge is 0.459 e. The molecule has 1 amide bonds. The molecule has 3 saturated heterocycles. The summed E-state index contributed by atoms with van der Waals surface area (Å²) in [6, 6.07) is 8.49. The number of likely N-dealkylation sites (N-methyl/N-ethyl adjacent to an activating group) is 1. The average molecular weight is 376 g/mol. The van der Waals surface area contributed by atoms with Crippen molar-refractivity contribution in [3.8, 4) is 0 Å². The third-order valence-corrected chi connectivity index (χ3v) is 4.87. The zero-order valence-electron chi connectivity index (χ0n) is 15.1. The second-order valence-corrected chi connectivity index (χ2v) is 7.08. The fourth-order valence-electron chi connectivity index (χ4n) is 3.56. The van der Waals surface area contributed by atoms with Gasteiger partial charge in [-0.1, -0.05) is 18.2 Å². The van der Waals surface area contributed by atoms with Gasteiger partial charge in [-0.15, -0.1) is 0 Å². The van der Waals surface area contributed by atoms with Gasteiger partial charge < -0.3 is 23.7 Å².